The highest BCUT2D eigenvalue weighted by Crippen LogP contribution is 2.29. The van der Waals surface area contributed by atoms with Crippen molar-refractivity contribution in [3.05, 3.63) is 54.1 Å². The molecule has 0 aliphatic carbocycles. The van der Waals surface area contributed by atoms with Gasteiger partial charge in [-0.15, -0.1) is 0 Å². The lowest BCUT2D eigenvalue weighted by molar-refractivity contribution is 0.0988. The molecule has 0 aromatic heterocycles. The van der Waals surface area contributed by atoms with Crippen LogP contribution < -0.4 is 14.4 Å². The zero-order valence-electron chi connectivity index (χ0n) is 13.9. The normalized spacial score (nSPS) is 10.2. The molecule has 0 radical (unpaired) electrons. The summed E-state index contributed by atoms with van der Waals surface area (Å²) in [6.45, 7) is 7.46. The molecule has 0 bridgehead atoms. The highest BCUT2D eigenvalue weighted by Gasteiger charge is 2.18. The van der Waals surface area contributed by atoms with Crippen LogP contribution in [0.3, 0.4) is 0 Å². The van der Waals surface area contributed by atoms with Crippen LogP contribution in [0.4, 0.5) is 5.69 Å². The van der Waals surface area contributed by atoms with E-state index in [1.807, 2.05) is 51.1 Å². The predicted molar refractivity (Wildman–Crippen MR) is 92.6 cm³/mol. The summed E-state index contributed by atoms with van der Waals surface area (Å²) in [5.41, 5.74) is 1.47. The smallest absolute Gasteiger partial charge is 0.258 e. The van der Waals surface area contributed by atoms with Gasteiger partial charge in [0.1, 0.15) is 0 Å². The lowest BCUT2D eigenvalue weighted by Gasteiger charge is -2.21. The fraction of sp³-hybridized carbons (Fsp3) is 0.316. The Morgan fingerprint density at radius 1 is 0.913 bits per heavy atom. The van der Waals surface area contributed by atoms with Crippen molar-refractivity contribution in [2.75, 3.05) is 24.7 Å². The Morgan fingerprint density at radius 3 is 2.17 bits per heavy atom. The first-order valence-corrected chi connectivity index (χ1v) is 7.97. The topological polar surface area (TPSA) is 38.8 Å². The Bertz CT molecular complexity index is 640. The molecule has 122 valence electrons. The van der Waals surface area contributed by atoms with Crippen LogP contribution in [0.5, 0.6) is 11.5 Å². The van der Waals surface area contributed by atoms with E-state index in [9.17, 15) is 4.79 Å². The van der Waals surface area contributed by atoms with Gasteiger partial charge < -0.3 is 14.4 Å². The van der Waals surface area contributed by atoms with Crippen molar-refractivity contribution in [2.45, 2.75) is 20.8 Å². The van der Waals surface area contributed by atoms with Crippen LogP contribution >= 0.6 is 0 Å². The number of hydrogen-bond acceptors (Lipinski definition) is 3. The molecule has 0 atom stereocenters. The van der Waals surface area contributed by atoms with Crippen molar-refractivity contribution < 1.29 is 14.3 Å². The van der Waals surface area contributed by atoms with Crippen LogP contribution in [0.2, 0.25) is 0 Å². The summed E-state index contributed by atoms with van der Waals surface area (Å²) in [6, 6.07) is 15.0. The molecule has 23 heavy (non-hydrogen) atoms. The van der Waals surface area contributed by atoms with Gasteiger partial charge in [0.05, 0.1) is 13.2 Å². The molecule has 0 fully saturated rings. The van der Waals surface area contributed by atoms with Gasteiger partial charge in [-0.05, 0) is 51.1 Å². The van der Waals surface area contributed by atoms with Crippen LogP contribution in [0.1, 0.15) is 31.1 Å². The number of hydrogen-bond donors (Lipinski definition) is 0. The number of benzene rings is 2. The monoisotopic (exact) mass is 313 g/mol. The minimum atomic E-state index is -0.0531. The van der Waals surface area contributed by atoms with E-state index in [1.165, 1.54) is 0 Å². The fourth-order valence-corrected chi connectivity index (χ4v) is 2.39. The Kier molecular flexibility index (Phi) is 6.03. The van der Waals surface area contributed by atoms with Gasteiger partial charge >= 0.3 is 0 Å². The predicted octanol–water partition coefficient (Wildman–Crippen LogP) is 4.15. The number of rotatable bonds is 7. The molecule has 0 N–H and O–H groups in total. The summed E-state index contributed by atoms with van der Waals surface area (Å²) in [7, 11) is 0. The van der Waals surface area contributed by atoms with E-state index >= 15 is 0 Å². The minimum absolute atomic E-state index is 0.0531. The maximum atomic E-state index is 12.8. The number of nitrogens with zero attached hydrogens (tertiary/aromatic N) is 1. The summed E-state index contributed by atoms with van der Waals surface area (Å²) in [5, 5.41) is 0. The first-order valence-electron chi connectivity index (χ1n) is 7.97. The van der Waals surface area contributed by atoms with E-state index in [0.717, 1.165) is 5.69 Å². The van der Waals surface area contributed by atoms with Gasteiger partial charge in [-0.2, -0.15) is 0 Å². The third-order valence-corrected chi connectivity index (χ3v) is 3.42. The molecule has 4 heteroatoms. The lowest BCUT2D eigenvalue weighted by atomic mass is 10.1. The summed E-state index contributed by atoms with van der Waals surface area (Å²) in [6.07, 6.45) is 0. The number of anilines is 1. The lowest BCUT2D eigenvalue weighted by Crippen LogP contribution is -2.30. The van der Waals surface area contributed by atoms with Crippen LogP contribution in [0, 0.1) is 0 Å². The van der Waals surface area contributed by atoms with Gasteiger partial charge in [-0.1, -0.05) is 18.2 Å². The van der Waals surface area contributed by atoms with Gasteiger partial charge in [0.2, 0.25) is 0 Å². The van der Waals surface area contributed by atoms with Crippen LogP contribution in [-0.4, -0.2) is 25.7 Å². The molecule has 2 aromatic rings. The first kappa shape index (κ1) is 16.9. The molecule has 0 aliphatic rings. The number of amides is 1. The minimum Gasteiger partial charge on any atom is -0.490 e. The molecule has 0 spiro atoms. The Hall–Kier alpha value is -2.49. The molecular formula is C19H23NO3. The van der Waals surface area contributed by atoms with E-state index in [4.69, 9.17) is 9.47 Å². The van der Waals surface area contributed by atoms with Crippen molar-refractivity contribution in [1.29, 1.82) is 0 Å². The van der Waals surface area contributed by atoms with E-state index in [-0.39, 0.29) is 5.91 Å². The second-order valence-electron chi connectivity index (χ2n) is 4.91. The number of carbonyl (C=O) groups excluding carboxylic acids is 1. The summed E-state index contributed by atoms with van der Waals surface area (Å²) < 4.78 is 11.1. The van der Waals surface area contributed by atoms with Crippen molar-refractivity contribution in [3.8, 4) is 11.5 Å². The van der Waals surface area contributed by atoms with Gasteiger partial charge in [0.25, 0.3) is 5.91 Å². The molecule has 0 saturated carbocycles. The number of ether oxygens (including phenoxy) is 2. The van der Waals surface area contributed by atoms with Crippen molar-refractivity contribution in [3.63, 3.8) is 0 Å². The largest absolute Gasteiger partial charge is 0.490 e. The van der Waals surface area contributed by atoms with Crippen molar-refractivity contribution >= 4 is 11.6 Å². The van der Waals surface area contributed by atoms with Crippen molar-refractivity contribution in [2.24, 2.45) is 0 Å². The maximum Gasteiger partial charge on any atom is 0.258 e. The van der Waals surface area contributed by atoms with E-state index in [2.05, 4.69) is 0 Å². The average molecular weight is 313 g/mol. The van der Waals surface area contributed by atoms with Crippen LogP contribution in [0.15, 0.2) is 48.5 Å². The summed E-state index contributed by atoms with van der Waals surface area (Å²) in [5.74, 6) is 1.21. The molecule has 0 heterocycles. The summed E-state index contributed by atoms with van der Waals surface area (Å²) in [4.78, 5) is 14.6. The quantitative estimate of drug-likeness (QED) is 0.771. The van der Waals surface area contributed by atoms with Gasteiger partial charge in [0.15, 0.2) is 11.5 Å². The van der Waals surface area contributed by atoms with E-state index < -0.39 is 0 Å². The molecule has 4 nitrogen and oxygen atoms in total. The maximum absolute atomic E-state index is 12.8. The molecule has 0 unspecified atom stereocenters. The Labute approximate surface area is 137 Å². The molecule has 0 saturated heterocycles. The molecule has 0 aliphatic heterocycles. The van der Waals surface area contributed by atoms with E-state index in [1.54, 1.807) is 23.1 Å². The fourth-order valence-electron chi connectivity index (χ4n) is 2.39. The van der Waals surface area contributed by atoms with Crippen LogP contribution in [-0.2, 0) is 0 Å². The van der Waals surface area contributed by atoms with Crippen molar-refractivity contribution in [1.82, 2.24) is 0 Å². The SMILES string of the molecule is CCOc1ccc(C(=O)N(CC)c2ccccc2)cc1OCC. The Morgan fingerprint density at radius 2 is 1.57 bits per heavy atom. The third kappa shape index (κ3) is 4.03. The molecule has 2 aromatic carbocycles. The summed E-state index contributed by atoms with van der Waals surface area (Å²) >= 11 is 0. The third-order valence-electron chi connectivity index (χ3n) is 3.42. The number of para-hydroxylation sites is 1. The molecule has 2 rings (SSSR count). The van der Waals surface area contributed by atoms with Gasteiger partial charge in [0, 0.05) is 17.8 Å². The first-order chi connectivity index (χ1) is 11.2. The Balaban J connectivity index is 2.32. The average Bonchev–Trinajstić information content (AvgIpc) is 2.58. The molecular weight excluding hydrogens is 290 g/mol. The highest BCUT2D eigenvalue weighted by atomic mass is 16.5. The van der Waals surface area contributed by atoms with Crippen LogP contribution in [0.25, 0.3) is 0 Å². The highest BCUT2D eigenvalue weighted by molar-refractivity contribution is 6.06. The number of carbonyl (C=O) groups is 1. The molecule has 1 amide bonds. The second-order valence-corrected chi connectivity index (χ2v) is 4.91. The van der Waals surface area contributed by atoms with Gasteiger partial charge in [-0.3, -0.25) is 4.79 Å². The van der Waals surface area contributed by atoms with E-state index in [0.29, 0.717) is 36.8 Å². The zero-order chi connectivity index (χ0) is 16.7. The second kappa shape index (κ2) is 8.22. The van der Waals surface area contributed by atoms with Gasteiger partial charge in [-0.25, -0.2) is 0 Å². The standard InChI is InChI=1S/C19H23NO3/c1-4-20(16-10-8-7-9-11-16)19(21)15-12-13-17(22-5-2)18(14-15)23-6-3/h7-14H,4-6H2,1-3H3. The zero-order valence-corrected chi connectivity index (χ0v) is 13.9.